The molecule has 0 fully saturated rings. The minimum atomic E-state index is -0.181. The molecule has 0 aromatic carbocycles. The molecule has 0 aliphatic rings. The summed E-state index contributed by atoms with van der Waals surface area (Å²) in [6.45, 7) is 8.66. The van der Waals surface area contributed by atoms with Crippen molar-refractivity contribution in [3.63, 3.8) is 0 Å². The molecule has 0 rings (SSSR count). The van der Waals surface area contributed by atoms with Crippen LogP contribution in [0.3, 0.4) is 0 Å². The number of rotatable bonds is 53. The number of allylic oxidation sites excluding steroid dienone is 12. The highest BCUT2D eigenvalue weighted by molar-refractivity contribution is 5.70. The maximum Gasteiger partial charge on any atom is 0.305 e. The number of carbonyl (C=O) groups is 2. The Hall–Kier alpha value is -2.37. The van der Waals surface area contributed by atoms with Crippen LogP contribution < -0.4 is 12.4 Å². The van der Waals surface area contributed by atoms with Gasteiger partial charge in [-0.25, -0.2) is 0 Å². The summed E-state index contributed by atoms with van der Waals surface area (Å²) in [5, 5.41) is 0. The molecule has 0 N–H and O–H groups in total. The lowest BCUT2D eigenvalue weighted by Gasteiger charge is -2.34. The van der Waals surface area contributed by atoms with Crippen LogP contribution in [-0.4, -0.2) is 57.3 Å². The molecule has 0 amide bonds. The Labute approximate surface area is 449 Å². The van der Waals surface area contributed by atoms with E-state index in [4.69, 9.17) is 9.47 Å². The molecule has 0 atom stereocenters. The molecular formula is C65H118ClNO4. The van der Waals surface area contributed by atoms with Crippen molar-refractivity contribution in [1.82, 2.24) is 0 Å². The normalized spacial score (nSPS) is 12.5. The average molecular weight is 1010 g/mol. The third kappa shape index (κ3) is 55.2. The molecule has 0 unspecified atom stereocenters. The lowest BCUT2D eigenvalue weighted by molar-refractivity contribution is -0.870. The zero-order chi connectivity index (χ0) is 51.2. The molecule has 0 aromatic rings. The number of hydrogen-bond donors (Lipinski definition) is 0. The smallest absolute Gasteiger partial charge is 0.305 e. The standard InChI is InChI=1S/C65H118NO4.ClH/c1-7-10-13-16-19-22-25-28-31-34-37-40-43-46-49-52-57-65(59-56-64(68)69-61-54-60-66(4,5)6,58-53-50-47-44-41-38-35-32-29-26-23-20-17-14-11-8-2)62-70-63(67)55-51-48-45-42-39-36-33-30-27-24-21-18-15-12-9-3;/h19-24,28-33H,7-18,25-27,34-62H2,1-6H3;1H/q+1;/p-1/b22-19-,23-20-,24-21-,31-28-,32-29-,33-30-;. The highest BCUT2D eigenvalue weighted by Gasteiger charge is 2.32. The van der Waals surface area contributed by atoms with E-state index in [1.807, 2.05) is 0 Å². The van der Waals surface area contributed by atoms with Gasteiger partial charge >= 0.3 is 11.9 Å². The third-order valence-corrected chi connectivity index (χ3v) is 13.8. The number of unbranched alkanes of at least 4 members (excludes halogenated alkanes) is 26. The van der Waals surface area contributed by atoms with Gasteiger partial charge in [-0.3, -0.25) is 9.59 Å². The number of nitrogens with zero attached hydrogens (tertiary/aromatic N) is 1. The van der Waals surface area contributed by atoms with Crippen LogP contribution in [0.4, 0.5) is 0 Å². The Balaban J connectivity index is 0. The first-order valence-electron chi connectivity index (χ1n) is 30.2. The number of hydrogen-bond acceptors (Lipinski definition) is 4. The number of halogens is 1. The van der Waals surface area contributed by atoms with Gasteiger partial charge < -0.3 is 26.4 Å². The molecular weight excluding hydrogens is 894 g/mol. The topological polar surface area (TPSA) is 52.6 Å². The van der Waals surface area contributed by atoms with Crippen molar-refractivity contribution in [2.24, 2.45) is 5.41 Å². The molecule has 0 bridgehead atoms. The number of carbonyl (C=O) groups excluding carboxylic acids is 2. The molecule has 0 aliphatic heterocycles. The zero-order valence-corrected chi connectivity index (χ0v) is 48.8. The predicted octanol–water partition coefficient (Wildman–Crippen LogP) is 17.2. The van der Waals surface area contributed by atoms with Gasteiger partial charge in [-0.05, 0) is 122 Å². The molecule has 0 saturated heterocycles. The van der Waals surface area contributed by atoms with Crippen LogP contribution in [0.5, 0.6) is 0 Å². The van der Waals surface area contributed by atoms with Crippen molar-refractivity contribution in [3.8, 4) is 0 Å². The fraction of sp³-hybridized carbons (Fsp3) is 0.785. The first-order valence-corrected chi connectivity index (χ1v) is 30.2. The molecule has 414 valence electrons. The van der Waals surface area contributed by atoms with Crippen molar-refractivity contribution in [3.05, 3.63) is 72.9 Å². The van der Waals surface area contributed by atoms with Gasteiger partial charge in [0.05, 0.1) is 40.9 Å². The fourth-order valence-corrected chi connectivity index (χ4v) is 9.12. The minimum absolute atomic E-state index is 0. The Morgan fingerprint density at radius 3 is 1.06 bits per heavy atom. The molecule has 0 aromatic heterocycles. The van der Waals surface area contributed by atoms with E-state index < -0.39 is 0 Å². The molecule has 0 saturated carbocycles. The van der Waals surface area contributed by atoms with Crippen LogP contribution in [0.25, 0.3) is 0 Å². The minimum Gasteiger partial charge on any atom is -1.00 e. The summed E-state index contributed by atoms with van der Waals surface area (Å²) in [6.07, 6.45) is 74.8. The van der Waals surface area contributed by atoms with Crippen LogP contribution in [0, 0.1) is 5.41 Å². The van der Waals surface area contributed by atoms with E-state index in [0.29, 0.717) is 26.1 Å². The van der Waals surface area contributed by atoms with Crippen LogP contribution in [0.1, 0.15) is 284 Å². The summed E-state index contributed by atoms with van der Waals surface area (Å²) < 4.78 is 12.9. The van der Waals surface area contributed by atoms with E-state index in [9.17, 15) is 9.59 Å². The van der Waals surface area contributed by atoms with Crippen LogP contribution in [0.15, 0.2) is 72.9 Å². The summed E-state index contributed by atoms with van der Waals surface area (Å²) in [4.78, 5) is 26.5. The SMILES string of the molecule is CCCCC/C=C\C/C=C\CCCCCCCCC(CCCCCCCC/C=C\C/C=C\CCCCC)(CCC(=O)OCCC[N+](C)(C)C)COC(=O)CCCCCCC/C=C\C/C=C\CCCCC.[Cl-]. The predicted molar refractivity (Wildman–Crippen MR) is 308 cm³/mol. The van der Waals surface area contributed by atoms with Crippen LogP contribution >= 0.6 is 0 Å². The highest BCUT2D eigenvalue weighted by atomic mass is 35.5. The maximum absolute atomic E-state index is 13.3. The van der Waals surface area contributed by atoms with Crippen LogP contribution in [0.2, 0.25) is 0 Å². The first-order chi connectivity index (χ1) is 34.2. The van der Waals surface area contributed by atoms with Crippen molar-refractivity contribution in [2.45, 2.75) is 284 Å². The first kappa shape index (κ1) is 70.7. The van der Waals surface area contributed by atoms with E-state index in [1.54, 1.807) is 0 Å². The van der Waals surface area contributed by atoms with Gasteiger partial charge in [0.2, 0.25) is 0 Å². The molecule has 71 heavy (non-hydrogen) atoms. The van der Waals surface area contributed by atoms with Gasteiger partial charge in [-0.2, -0.15) is 0 Å². The largest absolute Gasteiger partial charge is 1.00 e. The number of esters is 2. The van der Waals surface area contributed by atoms with Crippen molar-refractivity contribution in [1.29, 1.82) is 0 Å². The van der Waals surface area contributed by atoms with Gasteiger partial charge in [0.15, 0.2) is 0 Å². The molecule has 0 heterocycles. The van der Waals surface area contributed by atoms with E-state index in [-0.39, 0.29) is 29.8 Å². The summed E-state index contributed by atoms with van der Waals surface area (Å²) in [7, 11) is 6.53. The summed E-state index contributed by atoms with van der Waals surface area (Å²) in [6, 6.07) is 0. The number of ether oxygens (including phenoxy) is 2. The Morgan fingerprint density at radius 2 is 0.690 bits per heavy atom. The quantitative estimate of drug-likeness (QED) is 0.0264. The summed E-state index contributed by atoms with van der Waals surface area (Å²) in [5.74, 6) is -0.164. The highest BCUT2D eigenvalue weighted by Crippen LogP contribution is 2.38. The van der Waals surface area contributed by atoms with Gasteiger partial charge in [-0.1, -0.05) is 216 Å². The van der Waals surface area contributed by atoms with Gasteiger partial charge in [0, 0.05) is 24.7 Å². The Morgan fingerprint density at radius 1 is 0.366 bits per heavy atom. The molecule has 5 nitrogen and oxygen atoms in total. The summed E-state index contributed by atoms with van der Waals surface area (Å²) >= 11 is 0. The zero-order valence-electron chi connectivity index (χ0n) is 48.0. The van der Waals surface area contributed by atoms with Crippen molar-refractivity contribution >= 4 is 11.9 Å². The molecule has 0 spiro atoms. The van der Waals surface area contributed by atoms with E-state index in [0.717, 1.165) is 88.1 Å². The molecule has 0 radical (unpaired) electrons. The second-order valence-electron chi connectivity index (χ2n) is 21.9. The summed E-state index contributed by atoms with van der Waals surface area (Å²) in [5.41, 5.74) is -0.181. The van der Waals surface area contributed by atoms with E-state index in [1.165, 1.54) is 173 Å². The van der Waals surface area contributed by atoms with E-state index in [2.05, 4.69) is 115 Å². The third-order valence-electron chi connectivity index (χ3n) is 13.8. The lowest BCUT2D eigenvalue weighted by atomic mass is 9.75. The Kier molecular flexibility index (Phi) is 55.2. The second-order valence-corrected chi connectivity index (χ2v) is 21.9. The van der Waals surface area contributed by atoms with Crippen LogP contribution in [-0.2, 0) is 19.1 Å². The molecule has 0 aliphatic carbocycles. The second kappa shape index (κ2) is 55.4. The van der Waals surface area contributed by atoms with Crippen molar-refractivity contribution in [2.75, 3.05) is 40.9 Å². The van der Waals surface area contributed by atoms with Gasteiger partial charge in [-0.15, -0.1) is 0 Å². The molecule has 6 heteroatoms. The van der Waals surface area contributed by atoms with E-state index >= 15 is 0 Å². The fourth-order valence-electron chi connectivity index (χ4n) is 9.12. The number of quaternary nitrogens is 1. The Bertz CT molecular complexity index is 1270. The lowest BCUT2D eigenvalue weighted by Crippen LogP contribution is -3.00. The van der Waals surface area contributed by atoms with Gasteiger partial charge in [0.1, 0.15) is 0 Å². The monoisotopic (exact) mass is 1010 g/mol. The average Bonchev–Trinajstić information content (AvgIpc) is 3.34. The van der Waals surface area contributed by atoms with Gasteiger partial charge in [0.25, 0.3) is 0 Å². The van der Waals surface area contributed by atoms with Crippen molar-refractivity contribution < 1.29 is 36.0 Å². The maximum atomic E-state index is 13.3.